The number of piperazine rings is 1. The summed E-state index contributed by atoms with van der Waals surface area (Å²) in [6.07, 6.45) is 0.637. The summed E-state index contributed by atoms with van der Waals surface area (Å²) in [4.78, 5) is 4.88. The lowest BCUT2D eigenvalue weighted by Crippen LogP contribution is -2.52. The number of oxime groups is 1. The summed E-state index contributed by atoms with van der Waals surface area (Å²) in [6.45, 7) is 10.9. The first-order valence-electron chi connectivity index (χ1n) is 5.99. The SMILES string of the molecule is CC(C)N1CCN(C(C)CC(N)=NO)CC1. The Hall–Kier alpha value is -0.810. The highest BCUT2D eigenvalue weighted by Crippen LogP contribution is 2.10. The Labute approximate surface area is 97.9 Å². The molecule has 1 heterocycles. The van der Waals surface area contributed by atoms with Crippen LogP contribution in [0.2, 0.25) is 0 Å². The third-order valence-corrected chi connectivity index (χ3v) is 3.34. The zero-order valence-electron chi connectivity index (χ0n) is 10.6. The molecule has 1 atom stereocenters. The lowest BCUT2D eigenvalue weighted by molar-refractivity contribution is 0.0851. The molecule has 0 aromatic rings. The Kier molecular flexibility index (Phi) is 5.02. The van der Waals surface area contributed by atoms with E-state index in [4.69, 9.17) is 10.9 Å². The first-order chi connectivity index (χ1) is 7.54. The smallest absolute Gasteiger partial charge is 0.140 e. The van der Waals surface area contributed by atoms with Crippen LogP contribution in [0, 0.1) is 0 Å². The molecule has 1 fully saturated rings. The van der Waals surface area contributed by atoms with Crippen molar-refractivity contribution in [3.63, 3.8) is 0 Å². The van der Waals surface area contributed by atoms with Crippen LogP contribution in [-0.2, 0) is 0 Å². The van der Waals surface area contributed by atoms with Crippen LogP contribution in [0.4, 0.5) is 0 Å². The number of hydrogen-bond donors (Lipinski definition) is 2. The molecule has 5 nitrogen and oxygen atoms in total. The van der Waals surface area contributed by atoms with Gasteiger partial charge in [-0.1, -0.05) is 5.16 Å². The number of rotatable bonds is 4. The van der Waals surface area contributed by atoms with Crippen LogP contribution >= 0.6 is 0 Å². The summed E-state index contributed by atoms with van der Waals surface area (Å²) in [6, 6.07) is 0.978. The van der Waals surface area contributed by atoms with E-state index in [0.29, 0.717) is 24.3 Å². The van der Waals surface area contributed by atoms with E-state index >= 15 is 0 Å². The van der Waals surface area contributed by atoms with Crippen LogP contribution in [0.3, 0.4) is 0 Å². The predicted octanol–water partition coefficient (Wildman–Crippen LogP) is 0.537. The topological polar surface area (TPSA) is 65.1 Å². The maximum Gasteiger partial charge on any atom is 0.140 e. The van der Waals surface area contributed by atoms with E-state index in [1.54, 1.807) is 0 Å². The molecule has 0 spiro atoms. The second-order valence-electron chi connectivity index (χ2n) is 4.81. The minimum absolute atomic E-state index is 0.318. The Bertz CT molecular complexity index is 234. The minimum atomic E-state index is 0.318. The summed E-state index contributed by atoms with van der Waals surface area (Å²) in [5.74, 6) is 0.318. The van der Waals surface area contributed by atoms with Gasteiger partial charge in [0.1, 0.15) is 5.84 Å². The molecule has 1 aliphatic rings. The highest BCUT2D eigenvalue weighted by molar-refractivity contribution is 5.80. The molecule has 0 radical (unpaired) electrons. The van der Waals surface area contributed by atoms with Crippen LogP contribution in [0.5, 0.6) is 0 Å². The van der Waals surface area contributed by atoms with E-state index in [1.165, 1.54) is 0 Å². The average molecular weight is 228 g/mol. The first kappa shape index (κ1) is 13.3. The lowest BCUT2D eigenvalue weighted by atomic mass is 10.1. The van der Waals surface area contributed by atoms with Gasteiger partial charge in [0, 0.05) is 44.7 Å². The summed E-state index contributed by atoms with van der Waals surface area (Å²) in [5, 5.41) is 11.6. The zero-order valence-corrected chi connectivity index (χ0v) is 10.6. The molecule has 5 heteroatoms. The van der Waals surface area contributed by atoms with Crippen molar-refractivity contribution >= 4 is 5.84 Å². The maximum absolute atomic E-state index is 8.53. The Balaban J connectivity index is 2.35. The standard InChI is InChI=1S/C11H24N4O/c1-9(2)14-4-6-15(7-5-14)10(3)8-11(12)13-16/h9-10,16H,4-8H2,1-3H3,(H2,12,13). The van der Waals surface area contributed by atoms with Gasteiger partial charge in [0.2, 0.25) is 0 Å². The van der Waals surface area contributed by atoms with Crippen LogP contribution in [0.1, 0.15) is 27.2 Å². The summed E-state index contributed by atoms with van der Waals surface area (Å²) in [5.41, 5.74) is 5.52. The molecule has 1 saturated heterocycles. The number of amidine groups is 1. The molecule has 0 saturated carbocycles. The predicted molar refractivity (Wildman–Crippen MR) is 65.8 cm³/mol. The van der Waals surface area contributed by atoms with Crippen LogP contribution in [-0.4, -0.2) is 59.1 Å². The largest absolute Gasteiger partial charge is 0.409 e. The molecule has 0 aromatic carbocycles. The monoisotopic (exact) mass is 228 g/mol. The van der Waals surface area contributed by atoms with Gasteiger partial charge in [0.05, 0.1) is 0 Å². The van der Waals surface area contributed by atoms with Crippen LogP contribution in [0.15, 0.2) is 5.16 Å². The van der Waals surface area contributed by atoms with E-state index in [1.807, 2.05) is 0 Å². The molecule has 0 bridgehead atoms. The third-order valence-electron chi connectivity index (χ3n) is 3.34. The molecule has 94 valence electrons. The van der Waals surface area contributed by atoms with Crippen molar-refractivity contribution in [2.24, 2.45) is 10.9 Å². The van der Waals surface area contributed by atoms with E-state index in [9.17, 15) is 0 Å². The Morgan fingerprint density at radius 3 is 2.12 bits per heavy atom. The fourth-order valence-corrected chi connectivity index (χ4v) is 2.17. The summed E-state index contributed by atoms with van der Waals surface area (Å²) >= 11 is 0. The second-order valence-corrected chi connectivity index (χ2v) is 4.81. The van der Waals surface area contributed by atoms with Crippen molar-refractivity contribution in [2.75, 3.05) is 26.2 Å². The molecule has 16 heavy (non-hydrogen) atoms. The number of hydrogen-bond acceptors (Lipinski definition) is 4. The first-order valence-corrected chi connectivity index (χ1v) is 5.99. The number of nitrogens with zero attached hydrogens (tertiary/aromatic N) is 3. The van der Waals surface area contributed by atoms with Gasteiger partial charge in [-0.25, -0.2) is 0 Å². The maximum atomic E-state index is 8.53. The minimum Gasteiger partial charge on any atom is -0.409 e. The highest BCUT2D eigenvalue weighted by atomic mass is 16.4. The van der Waals surface area contributed by atoms with E-state index in [2.05, 4.69) is 35.7 Å². The molecule has 1 unspecified atom stereocenters. The second kappa shape index (κ2) is 6.06. The van der Waals surface area contributed by atoms with Gasteiger partial charge in [-0.05, 0) is 20.8 Å². The summed E-state index contributed by atoms with van der Waals surface area (Å²) < 4.78 is 0. The summed E-state index contributed by atoms with van der Waals surface area (Å²) in [7, 11) is 0. The fourth-order valence-electron chi connectivity index (χ4n) is 2.17. The highest BCUT2D eigenvalue weighted by Gasteiger charge is 2.22. The van der Waals surface area contributed by atoms with Gasteiger partial charge in [-0.3, -0.25) is 9.80 Å². The van der Waals surface area contributed by atoms with Crippen molar-refractivity contribution in [1.82, 2.24) is 9.80 Å². The van der Waals surface area contributed by atoms with Gasteiger partial charge in [-0.2, -0.15) is 0 Å². The molecular weight excluding hydrogens is 204 g/mol. The Morgan fingerprint density at radius 1 is 1.19 bits per heavy atom. The average Bonchev–Trinajstić information content (AvgIpc) is 2.28. The van der Waals surface area contributed by atoms with Crippen LogP contribution in [0.25, 0.3) is 0 Å². The van der Waals surface area contributed by atoms with Gasteiger partial charge >= 0.3 is 0 Å². The lowest BCUT2D eigenvalue weighted by Gasteiger charge is -2.39. The Morgan fingerprint density at radius 2 is 1.69 bits per heavy atom. The van der Waals surface area contributed by atoms with Crippen molar-refractivity contribution < 1.29 is 5.21 Å². The third kappa shape index (κ3) is 3.64. The molecule has 0 aromatic heterocycles. The fraction of sp³-hybridized carbons (Fsp3) is 0.909. The van der Waals surface area contributed by atoms with E-state index in [0.717, 1.165) is 26.2 Å². The van der Waals surface area contributed by atoms with Gasteiger partial charge in [0.25, 0.3) is 0 Å². The van der Waals surface area contributed by atoms with Crippen molar-refractivity contribution in [2.45, 2.75) is 39.3 Å². The van der Waals surface area contributed by atoms with Gasteiger partial charge in [0.15, 0.2) is 0 Å². The van der Waals surface area contributed by atoms with E-state index < -0.39 is 0 Å². The van der Waals surface area contributed by atoms with Gasteiger partial charge < -0.3 is 10.9 Å². The van der Waals surface area contributed by atoms with Crippen molar-refractivity contribution in [3.8, 4) is 0 Å². The van der Waals surface area contributed by atoms with E-state index in [-0.39, 0.29) is 0 Å². The normalized spacial score (nSPS) is 22.6. The molecule has 0 amide bonds. The van der Waals surface area contributed by atoms with Crippen molar-refractivity contribution in [3.05, 3.63) is 0 Å². The molecule has 3 N–H and O–H groups in total. The molecule has 0 aliphatic carbocycles. The van der Waals surface area contributed by atoms with Crippen LogP contribution < -0.4 is 5.73 Å². The quantitative estimate of drug-likeness (QED) is 0.319. The van der Waals surface area contributed by atoms with Crippen molar-refractivity contribution in [1.29, 1.82) is 0 Å². The molecular formula is C11H24N4O. The number of nitrogens with two attached hydrogens (primary N) is 1. The molecule has 1 aliphatic heterocycles. The zero-order chi connectivity index (χ0) is 12.1. The molecule has 1 rings (SSSR count). The van der Waals surface area contributed by atoms with Gasteiger partial charge in [-0.15, -0.1) is 0 Å².